The summed E-state index contributed by atoms with van der Waals surface area (Å²) in [6.45, 7) is 5.16. The summed E-state index contributed by atoms with van der Waals surface area (Å²) in [5.41, 5.74) is 2.09. The summed E-state index contributed by atoms with van der Waals surface area (Å²) in [5.74, 6) is -0.666. The summed E-state index contributed by atoms with van der Waals surface area (Å²) in [4.78, 5) is 30.2. The second-order valence-electron chi connectivity index (χ2n) is 7.69. The normalized spacial score (nSPS) is 22.3. The van der Waals surface area contributed by atoms with Crippen molar-refractivity contribution < 1.29 is 14.3 Å². The molecule has 0 N–H and O–H groups in total. The lowest BCUT2D eigenvalue weighted by atomic mass is 10.0. The minimum atomic E-state index is -0.352. The summed E-state index contributed by atoms with van der Waals surface area (Å²) in [6.07, 6.45) is -0.122. The van der Waals surface area contributed by atoms with Gasteiger partial charge in [-0.05, 0) is 31.5 Å². The molecule has 0 bridgehead atoms. The van der Waals surface area contributed by atoms with Crippen LogP contribution in [0.15, 0.2) is 54.2 Å². The number of halogens is 2. The first-order valence-corrected chi connectivity index (χ1v) is 10.6. The summed E-state index contributed by atoms with van der Waals surface area (Å²) in [5, 5.41) is 0.810. The van der Waals surface area contributed by atoms with Gasteiger partial charge in [0.25, 0.3) is 11.8 Å². The number of amides is 2. The molecule has 2 aromatic carbocycles. The number of morpholine rings is 1. The zero-order chi connectivity index (χ0) is 21.4. The van der Waals surface area contributed by atoms with E-state index < -0.39 is 0 Å². The molecule has 2 heterocycles. The van der Waals surface area contributed by atoms with Gasteiger partial charge in [-0.3, -0.25) is 14.5 Å². The van der Waals surface area contributed by atoms with Gasteiger partial charge >= 0.3 is 0 Å². The average molecular weight is 445 g/mol. The molecule has 2 unspecified atom stereocenters. The Morgan fingerprint density at radius 2 is 1.63 bits per heavy atom. The van der Waals surface area contributed by atoms with Gasteiger partial charge in [-0.25, -0.2) is 0 Å². The zero-order valence-electron chi connectivity index (χ0n) is 16.8. The number of rotatable bonds is 4. The lowest BCUT2D eigenvalue weighted by molar-refractivity contribution is -0.139. The Morgan fingerprint density at radius 3 is 2.27 bits per heavy atom. The standard InChI is InChI=1S/C23H22Cl2N2O3/c1-14-11-26(12-15(2)30-14)21-20(18-9-8-17(24)10-19(18)25)22(28)27(23(21)29)13-16-6-4-3-5-7-16/h3-10,14-15H,11-13H2,1-2H3. The van der Waals surface area contributed by atoms with Gasteiger partial charge in [-0.1, -0.05) is 59.6 Å². The van der Waals surface area contributed by atoms with Crippen LogP contribution in [0.2, 0.25) is 10.0 Å². The SMILES string of the molecule is CC1CN(C2=C(c3ccc(Cl)cc3Cl)C(=O)N(Cc3ccccc3)C2=O)CC(C)O1. The minimum absolute atomic E-state index is 0.0609. The van der Waals surface area contributed by atoms with Crippen LogP contribution in [-0.2, 0) is 20.9 Å². The van der Waals surface area contributed by atoms with E-state index in [-0.39, 0.29) is 30.6 Å². The van der Waals surface area contributed by atoms with Crippen molar-refractivity contribution in [1.82, 2.24) is 9.80 Å². The van der Waals surface area contributed by atoms with E-state index in [0.717, 1.165) is 5.56 Å². The molecule has 4 rings (SSSR count). The third kappa shape index (κ3) is 3.97. The Bertz CT molecular complexity index is 1010. The molecule has 2 aromatic rings. The smallest absolute Gasteiger partial charge is 0.278 e. The number of hydrogen-bond acceptors (Lipinski definition) is 4. The Morgan fingerprint density at radius 1 is 0.967 bits per heavy atom. The van der Waals surface area contributed by atoms with E-state index in [4.69, 9.17) is 27.9 Å². The van der Waals surface area contributed by atoms with Crippen molar-refractivity contribution in [1.29, 1.82) is 0 Å². The highest BCUT2D eigenvalue weighted by Gasteiger charge is 2.43. The van der Waals surface area contributed by atoms with Crippen LogP contribution in [0.4, 0.5) is 0 Å². The molecule has 0 radical (unpaired) electrons. The largest absolute Gasteiger partial charge is 0.372 e. The van der Waals surface area contributed by atoms with Gasteiger partial charge in [0, 0.05) is 23.7 Å². The summed E-state index contributed by atoms with van der Waals surface area (Å²) >= 11 is 12.5. The highest BCUT2D eigenvalue weighted by molar-refractivity contribution is 6.41. The van der Waals surface area contributed by atoms with E-state index in [2.05, 4.69) is 0 Å². The van der Waals surface area contributed by atoms with Gasteiger partial charge < -0.3 is 9.64 Å². The summed E-state index contributed by atoms with van der Waals surface area (Å²) in [6, 6.07) is 14.4. The maximum atomic E-state index is 13.5. The molecule has 0 spiro atoms. The Hall–Kier alpha value is -2.34. The number of nitrogens with zero attached hydrogens (tertiary/aromatic N) is 2. The topological polar surface area (TPSA) is 49.9 Å². The van der Waals surface area contributed by atoms with E-state index in [0.29, 0.717) is 40.0 Å². The first-order chi connectivity index (χ1) is 14.3. The molecule has 0 saturated carbocycles. The average Bonchev–Trinajstić information content (AvgIpc) is 2.93. The number of hydrogen-bond donors (Lipinski definition) is 0. The molecule has 0 aliphatic carbocycles. The van der Waals surface area contributed by atoms with Gasteiger partial charge in [0.15, 0.2) is 0 Å². The first-order valence-electron chi connectivity index (χ1n) is 9.85. The van der Waals surface area contributed by atoms with Gasteiger partial charge in [0.05, 0.1) is 29.3 Å². The monoisotopic (exact) mass is 444 g/mol. The quantitative estimate of drug-likeness (QED) is 0.656. The third-order valence-corrected chi connectivity index (χ3v) is 5.81. The molecular weight excluding hydrogens is 423 g/mol. The van der Waals surface area contributed by atoms with E-state index in [9.17, 15) is 9.59 Å². The van der Waals surface area contributed by atoms with Crippen LogP contribution in [0.5, 0.6) is 0 Å². The highest BCUT2D eigenvalue weighted by atomic mass is 35.5. The zero-order valence-corrected chi connectivity index (χ0v) is 18.3. The predicted molar refractivity (Wildman–Crippen MR) is 117 cm³/mol. The van der Waals surface area contributed by atoms with Crippen molar-refractivity contribution in [2.45, 2.75) is 32.6 Å². The third-order valence-electron chi connectivity index (χ3n) is 5.26. The molecule has 2 atom stereocenters. The Kier molecular flexibility index (Phi) is 5.87. The molecule has 1 fully saturated rings. The first kappa shape index (κ1) is 20.9. The number of carbonyl (C=O) groups excluding carboxylic acids is 2. The van der Waals surface area contributed by atoms with E-state index in [1.807, 2.05) is 49.1 Å². The van der Waals surface area contributed by atoms with Crippen LogP contribution in [0.3, 0.4) is 0 Å². The minimum Gasteiger partial charge on any atom is -0.372 e. The molecule has 1 saturated heterocycles. The molecule has 2 aliphatic heterocycles. The van der Waals surface area contributed by atoms with Crippen LogP contribution < -0.4 is 0 Å². The fourth-order valence-electron chi connectivity index (χ4n) is 4.06. The van der Waals surface area contributed by atoms with E-state index >= 15 is 0 Å². The van der Waals surface area contributed by atoms with Crippen molar-refractivity contribution in [3.05, 3.63) is 75.4 Å². The lowest BCUT2D eigenvalue weighted by Gasteiger charge is -2.37. The van der Waals surface area contributed by atoms with Gasteiger partial charge in [-0.15, -0.1) is 0 Å². The second kappa shape index (κ2) is 8.42. The maximum absolute atomic E-state index is 13.5. The van der Waals surface area contributed by atoms with Crippen LogP contribution >= 0.6 is 23.2 Å². The second-order valence-corrected chi connectivity index (χ2v) is 8.54. The van der Waals surface area contributed by atoms with Crippen LogP contribution in [0, 0.1) is 0 Å². The van der Waals surface area contributed by atoms with Gasteiger partial charge in [0.2, 0.25) is 0 Å². The van der Waals surface area contributed by atoms with E-state index in [1.54, 1.807) is 18.2 Å². The summed E-state index contributed by atoms with van der Waals surface area (Å²) in [7, 11) is 0. The molecule has 2 aliphatic rings. The van der Waals surface area contributed by atoms with Crippen molar-refractivity contribution >= 4 is 40.6 Å². The molecular formula is C23H22Cl2N2O3. The van der Waals surface area contributed by atoms with Crippen molar-refractivity contribution in [3.8, 4) is 0 Å². The van der Waals surface area contributed by atoms with Gasteiger partial charge in [-0.2, -0.15) is 0 Å². The number of ether oxygens (including phenoxy) is 1. The Labute approximate surface area is 185 Å². The van der Waals surface area contributed by atoms with Crippen LogP contribution in [0.1, 0.15) is 25.0 Å². The van der Waals surface area contributed by atoms with Crippen molar-refractivity contribution in [3.63, 3.8) is 0 Å². The molecule has 30 heavy (non-hydrogen) atoms. The number of carbonyl (C=O) groups is 2. The summed E-state index contributed by atoms with van der Waals surface area (Å²) < 4.78 is 5.82. The molecule has 0 aromatic heterocycles. The van der Waals surface area contributed by atoms with Crippen molar-refractivity contribution in [2.24, 2.45) is 0 Å². The fraction of sp³-hybridized carbons (Fsp3) is 0.304. The maximum Gasteiger partial charge on any atom is 0.278 e. The fourth-order valence-corrected chi connectivity index (χ4v) is 4.56. The Balaban J connectivity index is 1.79. The van der Waals surface area contributed by atoms with Gasteiger partial charge in [0.1, 0.15) is 5.70 Å². The predicted octanol–water partition coefficient (Wildman–Crippen LogP) is 4.38. The van der Waals surface area contributed by atoms with E-state index in [1.165, 1.54) is 4.90 Å². The van der Waals surface area contributed by atoms with Crippen LogP contribution in [-0.4, -0.2) is 46.9 Å². The molecule has 156 valence electrons. The highest BCUT2D eigenvalue weighted by Crippen LogP contribution is 2.37. The number of imide groups is 1. The van der Waals surface area contributed by atoms with Crippen LogP contribution in [0.25, 0.3) is 5.57 Å². The molecule has 7 heteroatoms. The van der Waals surface area contributed by atoms with Crippen molar-refractivity contribution in [2.75, 3.05) is 13.1 Å². The molecule has 5 nitrogen and oxygen atoms in total. The lowest BCUT2D eigenvalue weighted by Crippen LogP contribution is -2.46. The number of benzene rings is 2. The molecule has 2 amide bonds.